The third-order valence-corrected chi connectivity index (χ3v) is 3.85. The number of nitrogens with one attached hydrogen (secondary N) is 1. The minimum Gasteiger partial charge on any atom is -0.437 e. The minimum absolute atomic E-state index is 0.226. The van der Waals surface area contributed by atoms with E-state index in [1.807, 2.05) is 43.3 Å². The molecule has 0 spiro atoms. The standard InChI is InChI=1S/C17H16Cl3NO2/c1-12(13-8-4-2-5-9-13)21-16(22)23-15(17(18,19)20)14-10-6-3-7-11-14/h2-12,15H,1H3,(H,21,22)/t12-,15-/m1/s1. The quantitative estimate of drug-likeness (QED) is 0.711. The van der Waals surface area contributed by atoms with Crippen LogP contribution in [0.15, 0.2) is 60.7 Å². The predicted molar refractivity (Wildman–Crippen MR) is 93.9 cm³/mol. The number of ether oxygens (including phenoxy) is 1. The van der Waals surface area contributed by atoms with Crippen LogP contribution < -0.4 is 5.32 Å². The zero-order valence-corrected chi connectivity index (χ0v) is 14.6. The Kier molecular flexibility index (Phi) is 6.17. The van der Waals surface area contributed by atoms with Gasteiger partial charge in [-0.05, 0) is 18.1 Å². The highest BCUT2D eigenvalue weighted by atomic mass is 35.6. The minimum atomic E-state index is -1.77. The van der Waals surface area contributed by atoms with Gasteiger partial charge in [0.05, 0.1) is 6.04 Å². The van der Waals surface area contributed by atoms with Gasteiger partial charge in [0, 0.05) is 0 Å². The first-order valence-electron chi connectivity index (χ1n) is 7.01. The van der Waals surface area contributed by atoms with Crippen molar-refractivity contribution in [3.05, 3.63) is 71.8 Å². The van der Waals surface area contributed by atoms with Gasteiger partial charge in [-0.25, -0.2) is 4.79 Å². The fraction of sp³-hybridized carbons (Fsp3) is 0.235. The smallest absolute Gasteiger partial charge is 0.408 e. The van der Waals surface area contributed by atoms with Gasteiger partial charge in [-0.1, -0.05) is 95.5 Å². The van der Waals surface area contributed by atoms with Crippen LogP contribution in [0.1, 0.15) is 30.2 Å². The average molecular weight is 373 g/mol. The molecular formula is C17H16Cl3NO2. The molecule has 23 heavy (non-hydrogen) atoms. The Hall–Kier alpha value is -1.42. The van der Waals surface area contributed by atoms with Crippen molar-refractivity contribution in [2.24, 2.45) is 0 Å². The summed E-state index contributed by atoms with van der Waals surface area (Å²) in [6.45, 7) is 1.85. The highest BCUT2D eigenvalue weighted by Gasteiger charge is 2.37. The lowest BCUT2D eigenvalue weighted by Crippen LogP contribution is -2.32. The molecule has 0 heterocycles. The zero-order chi connectivity index (χ0) is 16.9. The summed E-state index contributed by atoms with van der Waals surface area (Å²) in [5, 5.41) is 2.73. The molecule has 0 fully saturated rings. The Morgan fingerprint density at radius 2 is 1.43 bits per heavy atom. The van der Waals surface area contributed by atoms with E-state index in [1.165, 1.54) is 0 Å². The lowest BCUT2D eigenvalue weighted by molar-refractivity contribution is 0.0966. The molecule has 0 bridgehead atoms. The zero-order valence-electron chi connectivity index (χ0n) is 12.4. The van der Waals surface area contributed by atoms with Crippen molar-refractivity contribution in [3.63, 3.8) is 0 Å². The molecule has 0 aliphatic rings. The number of rotatable bonds is 4. The topological polar surface area (TPSA) is 38.3 Å². The lowest BCUT2D eigenvalue weighted by atomic mass is 10.1. The Morgan fingerprint density at radius 3 is 1.91 bits per heavy atom. The van der Waals surface area contributed by atoms with Crippen molar-refractivity contribution in [1.29, 1.82) is 0 Å². The number of amides is 1. The molecule has 3 nitrogen and oxygen atoms in total. The number of halogens is 3. The van der Waals surface area contributed by atoms with Gasteiger partial charge in [-0.2, -0.15) is 0 Å². The summed E-state index contributed by atoms with van der Waals surface area (Å²) >= 11 is 17.9. The molecule has 0 radical (unpaired) electrons. The van der Waals surface area contributed by atoms with Gasteiger partial charge >= 0.3 is 6.09 Å². The number of carbonyl (C=O) groups is 1. The molecule has 0 saturated heterocycles. The highest BCUT2D eigenvalue weighted by Crippen LogP contribution is 2.42. The average Bonchev–Trinajstić information content (AvgIpc) is 2.53. The van der Waals surface area contributed by atoms with E-state index in [2.05, 4.69) is 5.32 Å². The largest absolute Gasteiger partial charge is 0.437 e. The molecule has 2 aromatic carbocycles. The van der Waals surface area contributed by atoms with E-state index >= 15 is 0 Å². The Bertz CT molecular complexity index is 629. The van der Waals surface area contributed by atoms with Gasteiger partial charge in [0.25, 0.3) is 0 Å². The van der Waals surface area contributed by atoms with Crippen LogP contribution in [-0.4, -0.2) is 9.89 Å². The molecule has 0 aliphatic heterocycles. The Morgan fingerprint density at radius 1 is 0.957 bits per heavy atom. The normalized spacial score (nSPS) is 13.9. The number of hydrogen-bond acceptors (Lipinski definition) is 2. The number of alkyl carbamates (subject to hydrolysis) is 1. The highest BCUT2D eigenvalue weighted by molar-refractivity contribution is 6.68. The van der Waals surface area contributed by atoms with Gasteiger partial charge in [-0.15, -0.1) is 0 Å². The maximum absolute atomic E-state index is 12.1. The number of hydrogen-bond donors (Lipinski definition) is 1. The monoisotopic (exact) mass is 371 g/mol. The third kappa shape index (κ3) is 5.31. The lowest BCUT2D eigenvalue weighted by Gasteiger charge is -2.25. The van der Waals surface area contributed by atoms with Crippen LogP contribution in [0.4, 0.5) is 4.79 Å². The molecule has 0 saturated carbocycles. The van der Waals surface area contributed by atoms with Crippen molar-refractivity contribution < 1.29 is 9.53 Å². The summed E-state index contributed by atoms with van der Waals surface area (Å²) in [6.07, 6.45) is -1.65. The maximum atomic E-state index is 12.1. The number of benzene rings is 2. The SMILES string of the molecule is C[C@@H](NC(=O)O[C@H](c1ccccc1)C(Cl)(Cl)Cl)c1ccccc1. The van der Waals surface area contributed by atoms with Crippen LogP contribution in [0.2, 0.25) is 0 Å². The molecule has 1 N–H and O–H groups in total. The van der Waals surface area contributed by atoms with Crippen LogP contribution in [0, 0.1) is 0 Å². The fourth-order valence-corrected chi connectivity index (χ4v) is 2.61. The Labute approximate surface area is 150 Å². The van der Waals surface area contributed by atoms with Gasteiger partial charge in [-0.3, -0.25) is 0 Å². The summed E-state index contributed by atoms with van der Waals surface area (Å²) in [6, 6.07) is 18.2. The van der Waals surface area contributed by atoms with Crippen LogP contribution >= 0.6 is 34.8 Å². The van der Waals surface area contributed by atoms with Gasteiger partial charge in [0.15, 0.2) is 6.10 Å². The summed E-state index contributed by atoms with van der Waals surface area (Å²) in [5.74, 6) is 0. The molecule has 1 amide bonds. The fourth-order valence-electron chi connectivity index (χ4n) is 2.09. The summed E-state index contributed by atoms with van der Waals surface area (Å²) in [4.78, 5) is 12.1. The summed E-state index contributed by atoms with van der Waals surface area (Å²) < 4.78 is 3.58. The molecule has 0 aliphatic carbocycles. The summed E-state index contributed by atoms with van der Waals surface area (Å²) in [7, 11) is 0. The second-order valence-electron chi connectivity index (χ2n) is 5.01. The molecule has 2 atom stereocenters. The first kappa shape index (κ1) is 17.9. The van der Waals surface area contributed by atoms with Crippen molar-refractivity contribution in [3.8, 4) is 0 Å². The van der Waals surface area contributed by atoms with Crippen LogP contribution in [0.3, 0.4) is 0 Å². The molecule has 6 heteroatoms. The van der Waals surface area contributed by atoms with Crippen molar-refractivity contribution in [2.45, 2.75) is 22.9 Å². The van der Waals surface area contributed by atoms with E-state index in [9.17, 15) is 4.79 Å². The van der Waals surface area contributed by atoms with E-state index < -0.39 is 16.0 Å². The van der Waals surface area contributed by atoms with Crippen LogP contribution in [0.5, 0.6) is 0 Å². The van der Waals surface area contributed by atoms with Crippen LogP contribution in [0.25, 0.3) is 0 Å². The van der Waals surface area contributed by atoms with E-state index in [0.29, 0.717) is 5.56 Å². The number of carbonyl (C=O) groups excluding carboxylic acids is 1. The van der Waals surface area contributed by atoms with E-state index in [-0.39, 0.29) is 6.04 Å². The second-order valence-corrected chi connectivity index (χ2v) is 7.38. The van der Waals surface area contributed by atoms with Crippen LogP contribution in [-0.2, 0) is 4.74 Å². The second kappa shape index (κ2) is 7.91. The Balaban J connectivity index is 2.07. The predicted octanol–water partition coefficient (Wildman–Crippen LogP) is 5.59. The van der Waals surface area contributed by atoms with Crippen molar-refractivity contribution >= 4 is 40.9 Å². The number of alkyl halides is 3. The van der Waals surface area contributed by atoms with Crippen molar-refractivity contribution in [1.82, 2.24) is 5.32 Å². The van der Waals surface area contributed by atoms with E-state index in [4.69, 9.17) is 39.5 Å². The van der Waals surface area contributed by atoms with Gasteiger partial charge in [0.1, 0.15) is 0 Å². The van der Waals surface area contributed by atoms with Gasteiger partial charge in [0.2, 0.25) is 3.79 Å². The molecule has 0 unspecified atom stereocenters. The third-order valence-electron chi connectivity index (χ3n) is 3.26. The molecule has 2 rings (SSSR count). The molecule has 2 aromatic rings. The van der Waals surface area contributed by atoms with E-state index in [1.54, 1.807) is 24.3 Å². The molecular weight excluding hydrogens is 357 g/mol. The first-order chi connectivity index (χ1) is 10.9. The van der Waals surface area contributed by atoms with Crippen molar-refractivity contribution in [2.75, 3.05) is 0 Å². The summed E-state index contributed by atoms with van der Waals surface area (Å²) in [5.41, 5.74) is 1.56. The van der Waals surface area contributed by atoms with E-state index in [0.717, 1.165) is 5.56 Å². The van der Waals surface area contributed by atoms with Gasteiger partial charge < -0.3 is 10.1 Å². The molecule has 122 valence electrons. The first-order valence-corrected chi connectivity index (χ1v) is 8.15. The molecule has 0 aromatic heterocycles. The maximum Gasteiger partial charge on any atom is 0.408 e.